The minimum absolute atomic E-state index is 0.631. The van der Waals surface area contributed by atoms with Crippen LogP contribution in [0, 0.1) is 6.92 Å². The number of H-pyrrole nitrogens is 1. The molecule has 0 atom stereocenters. The van der Waals surface area contributed by atoms with Crippen LogP contribution in [0.1, 0.15) is 11.3 Å². The fraction of sp³-hybridized carbons (Fsp3) is 0.133. The van der Waals surface area contributed by atoms with Gasteiger partial charge in [-0.3, -0.25) is 5.10 Å². The highest BCUT2D eigenvalue weighted by Gasteiger charge is 2.11. The summed E-state index contributed by atoms with van der Waals surface area (Å²) < 4.78 is 6.56. The molecule has 2 heterocycles. The van der Waals surface area contributed by atoms with E-state index >= 15 is 0 Å². The van der Waals surface area contributed by atoms with Gasteiger partial charge in [0.25, 0.3) is 0 Å². The van der Waals surface area contributed by atoms with Crippen LogP contribution in [0.15, 0.2) is 45.4 Å². The third-order valence-electron chi connectivity index (χ3n) is 3.11. The van der Waals surface area contributed by atoms with E-state index in [0.29, 0.717) is 11.6 Å². The molecule has 0 spiro atoms. The quantitative estimate of drug-likeness (QED) is 0.682. The third kappa shape index (κ3) is 3.14. The zero-order chi connectivity index (χ0) is 14.8. The minimum atomic E-state index is 0.631. The Morgan fingerprint density at radius 3 is 2.90 bits per heavy atom. The fourth-order valence-electron chi connectivity index (χ4n) is 2.05. The zero-order valence-corrected chi connectivity index (χ0v) is 13.6. The lowest BCUT2D eigenvalue weighted by Crippen LogP contribution is -2.00. The standard InChI is InChI=1S/C15H13BrClN3O/c1-9-2-5-14(21-9)15-10(8-19-20-15)7-18-13-4-3-11(17)6-12(13)16/h2-6,8,18H,7H2,1H3,(H,19,20). The first-order valence-electron chi connectivity index (χ1n) is 6.41. The Morgan fingerprint density at radius 2 is 2.19 bits per heavy atom. The normalized spacial score (nSPS) is 10.8. The molecule has 0 aliphatic carbocycles. The molecule has 0 amide bonds. The van der Waals surface area contributed by atoms with Crippen LogP contribution >= 0.6 is 27.5 Å². The van der Waals surface area contributed by atoms with E-state index in [-0.39, 0.29) is 0 Å². The van der Waals surface area contributed by atoms with Gasteiger partial charge in [0, 0.05) is 27.3 Å². The maximum absolute atomic E-state index is 5.94. The average Bonchev–Trinajstić information content (AvgIpc) is 3.06. The first kappa shape index (κ1) is 14.2. The Balaban J connectivity index is 1.79. The number of nitrogens with one attached hydrogen (secondary N) is 2. The summed E-state index contributed by atoms with van der Waals surface area (Å²) in [6.07, 6.45) is 1.80. The fourth-order valence-corrected chi connectivity index (χ4v) is 2.87. The third-order valence-corrected chi connectivity index (χ3v) is 4.00. The second-order valence-corrected chi connectivity index (χ2v) is 5.95. The van der Waals surface area contributed by atoms with Crippen LogP contribution in [-0.2, 0) is 6.54 Å². The summed E-state index contributed by atoms with van der Waals surface area (Å²) in [7, 11) is 0. The van der Waals surface area contributed by atoms with Crippen molar-refractivity contribution in [1.82, 2.24) is 10.2 Å². The summed E-state index contributed by atoms with van der Waals surface area (Å²) in [6.45, 7) is 2.55. The van der Waals surface area contributed by atoms with Crippen LogP contribution in [0.25, 0.3) is 11.5 Å². The van der Waals surface area contributed by atoms with Gasteiger partial charge < -0.3 is 9.73 Å². The lowest BCUT2D eigenvalue weighted by Gasteiger charge is -2.08. The highest BCUT2D eigenvalue weighted by molar-refractivity contribution is 9.10. The van der Waals surface area contributed by atoms with Crippen LogP contribution < -0.4 is 5.32 Å². The topological polar surface area (TPSA) is 53.9 Å². The highest BCUT2D eigenvalue weighted by atomic mass is 79.9. The van der Waals surface area contributed by atoms with Crippen molar-refractivity contribution >= 4 is 33.2 Å². The predicted octanol–water partition coefficient (Wildman–Crippen LogP) is 5.01. The van der Waals surface area contributed by atoms with E-state index in [2.05, 4.69) is 31.4 Å². The number of aryl methyl sites for hydroxylation is 1. The van der Waals surface area contributed by atoms with Gasteiger partial charge in [0.1, 0.15) is 11.5 Å². The monoisotopic (exact) mass is 365 g/mol. The Morgan fingerprint density at radius 1 is 1.33 bits per heavy atom. The second kappa shape index (κ2) is 5.95. The van der Waals surface area contributed by atoms with Crippen LogP contribution in [-0.4, -0.2) is 10.2 Å². The van der Waals surface area contributed by atoms with Crippen molar-refractivity contribution in [3.8, 4) is 11.5 Å². The van der Waals surface area contributed by atoms with Gasteiger partial charge in [-0.15, -0.1) is 0 Å². The van der Waals surface area contributed by atoms with Crippen LogP contribution in [0.2, 0.25) is 5.02 Å². The maximum Gasteiger partial charge on any atom is 0.152 e. The Bertz CT molecular complexity index is 766. The first-order chi connectivity index (χ1) is 10.1. The number of anilines is 1. The molecule has 1 aromatic carbocycles. The number of nitrogens with zero attached hydrogens (tertiary/aromatic N) is 1. The van der Waals surface area contributed by atoms with Crippen LogP contribution in [0.5, 0.6) is 0 Å². The Hall–Kier alpha value is -1.72. The van der Waals surface area contributed by atoms with Crippen molar-refractivity contribution < 1.29 is 4.42 Å². The minimum Gasteiger partial charge on any atom is -0.460 e. The number of rotatable bonds is 4. The summed E-state index contributed by atoms with van der Waals surface area (Å²) in [4.78, 5) is 0. The van der Waals surface area contributed by atoms with Gasteiger partial charge in [0.2, 0.25) is 0 Å². The van der Waals surface area contributed by atoms with Crippen LogP contribution in [0.4, 0.5) is 5.69 Å². The molecule has 21 heavy (non-hydrogen) atoms. The van der Waals surface area contributed by atoms with Gasteiger partial charge >= 0.3 is 0 Å². The number of hydrogen-bond acceptors (Lipinski definition) is 3. The number of aromatic nitrogens is 2. The van der Waals surface area contributed by atoms with E-state index in [4.69, 9.17) is 16.0 Å². The smallest absolute Gasteiger partial charge is 0.152 e. The second-order valence-electron chi connectivity index (χ2n) is 4.66. The molecule has 0 saturated heterocycles. The maximum atomic E-state index is 5.94. The van der Waals surface area contributed by atoms with E-state index in [1.807, 2.05) is 37.3 Å². The zero-order valence-electron chi connectivity index (χ0n) is 11.3. The SMILES string of the molecule is Cc1ccc(-c2[nH]ncc2CNc2ccc(Cl)cc2Br)o1. The number of furan rings is 1. The van der Waals surface area contributed by atoms with Crippen molar-refractivity contribution in [3.63, 3.8) is 0 Å². The molecule has 0 fully saturated rings. The van der Waals surface area contributed by atoms with E-state index in [1.165, 1.54) is 0 Å². The number of hydrogen-bond donors (Lipinski definition) is 2. The summed E-state index contributed by atoms with van der Waals surface area (Å²) in [6, 6.07) is 9.51. The number of aromatic amines is 1. The molecule has 0 bridgehead atoms. The first-order valence-corrected chi connectivity index (χ1v) is 7.58. The molecule has 2 aromatic heterocycles. The van der Waals surface area contributed by atoms with Gasteiger partial charge in [0.15, 0.2) is 5.76 Å². The summed E-state index contributed by atoms with van der Waals surface area (Å²) in [5, 5.41) is 11.1. The molecule has 0 aliphatic rings. The van der Waals surface area contributed by atoms with Gasteiger partial charge in [-0.1, -0.05) is 11.6 Å². The molecular formula is C15H13BrClN3O. The van der Waals surface area contributed by atoms with Crippen molar-refractivity contribution in [2.75, 3.05) is 5.32 Å². The molecule has 4 nitrogen and oxygen atoms in total. The summed E-state index contributed by atoms with van der Waals surface area (Å²) in [5.41, 5.74) is 2.90. The van der Waals surface area contributed by atoms with Crippen molar-refractivity contribution in [2.45, 2.75) is 13.5 Å². The molecule has 0 aliphatic heterocycles. The molecular weight excluding hydrogens is 354 g/mol. The van der Waals surface area contributed by atoms with E-state index < -0.39 is 0 Å². The molecule has 6 heteroatoms. The Labute approximate surface area is 135 Å². The van der Waals surface area contributed by atoms with Gasteiger partial charge in [-0.2, -0.15) is 5.10 Å². The van der Waals surface area contributed by atoms with Gasteiger partial charge in [-0.05, 0) is 53.2 Å². The molecule has 0 saturated carbocycles. The average molecular weight is 367 g/mol. The lowest BCUT2D eigenvalue weighted by atomic mass is 10.2. The van der Waals surface area contributed by atoms with Gasteiger partial charge in [0.05, 0.1) is 6.20 Å². The number of halogens is 2. The molecule has 0 unspecified atom stereocenters. The van der Waals surface area contributed by atoms with Crippen molar-refractivity contribution in [3.05, 3.63) is 57.3 Å². The Kier molecular flexibility index (Phi) is 4.03. The lowest BCUT2D eigenvalue weighted by molar-refractivity contribution is 0.545. The molecule has 3 aromatic rings. The van der Waals surface area contributed by atoms with E-state index in [0.717, 1.165) is 32.9 Å². The summed E-state index contributed by atoms with van der Waals surface area (Å²) >= 11 is 9.43. The largest absolute Gasteiger partial charge is 0.460 e. The number of benzene rings is 1. The van der Waals surface area contributed by atoms with E-state index in [9.17, 15) is 0 Å². The summed E-state index contributed by atoms with van der Waals surface area (Å²) in [5.74, 6) is 1.66. The molecule has 3 rings (SSSR count). The van der Waals surface area contributed by atoms with Crippen LogP contribution in [0.3, 0.4) is 0 Å². The van der Waals surface area contributed by atoms with Gasteiger partial charge in [-0.25, -0.2) is 0 Å². The van der Waals surface area contributed by atoms with Crippen molar-refractivity contribution in [2.24, 2.45) is 0 Å². The predicted molar refractivity (Wildman–Crippen MR) is 87.5 cm³/mol. The van der Waals surface area contributed by atoms with Crippen molar-refractivity contribution in [1.29, 1.82) is 0 Å². The highest BCUT2D eigenvalue weighted by Crippen LogP contribution is 2.28. The van der Waals surface area contributed by atoms with E-state index in [1.54, 1.807) is 6.20 Å². The molecule has 0 radical (unpaired) electrons. The molecule has 108 valence electrons. The molecule has 2 N–H and O–H groups in total.